The molecule has 9 heteroatoms. The minimum Gasteiger partial charge on any atom is -0.475 e. The summed E-state index contributed by atoms with van der Waals surface area (Å²) in [5.41, 5.74) is -0.535. The molecule has 3 heterocycles. The molecule has 0 radical (unpaired) electrons. The van der Waals surface area contributed by atoms with Crippen molar-refractivity contribution in [1.29, 1.82) is 0 Å². The number of carbonyl (C=O) groups is 1. The van der Waals surface area contributed by atoms with E-state index in [0.29, 0.717) is 24.4 Å². The summed E-state index contributed by atoms with van der Waals surface area (Å²) in [6.07, 6.45) is -0.320. The van der Waals surface area contributed by atoms with Crippen LogP contribution in [0.2, 0.25) is 0 Å². The summed E-state index contributed by atoms with van der Waals surface area (Å²) in [5, 5.41) is 16.8. The van der Waals surface area contributed by atoms with Crippen LogP contribution in [0.3, 0.4) is 0 Å². The van der Waals surface area contributed by atoms with E-state index in [9.17, 15) is 18.0 Å². The fraction of sp³-hybridized carbons (Fsp3) is 0.529. The smallest absolute Gasteiger partial charge is 0.421 e. The highest BCUT2D eigenvalue weighted by Gasteiger charge is 2.45. The molecule has 140 valence electrons. The van der Waals surface area contributed by atoms with Gasteiger partial charge in [-0.25, -0.2) is 4.79 Å². The van der Waals surface area contributed by atoms with Gasteiger partial charge in [0.15, 0.2) is 0 Å². The van der Waals surface area contributed by atoms with Crippen LogP contribution in [0.25, 0.3) is 11.3 Å². The fourth-order valence-corrected chi connectivity index (χ4v) is 3.85. The Morgan fingerprint density at radius 3 is 2.73 bits per heavy atom. The number of nitrogens with zero attached hydrogens (tertiary/aromatic N) is 2. The van der Waals surface area contributed by atoms with Crippen molar-refractivity contribution in [1.82, 2.24) is 15.1 Å². The summed E-state index contributed by atoms with van der Waals surface area (Å²) in [7, 11) is 0. The largest absolute Gasteiger partial charge is 0.475 e. The summed E-state index contributed by atoms with van der Waals surface area (Å²) in [5.74, 6) is -2.29. The van der Waals surface area contributed by atoms with Gasteiger partial charge in [-0.2, -0.15) is 18.3 Å². The first kappa shape index (κ1) is 17.1. The van der Waals surface area contributed by atoms with Crippen LogP contribution in [0.15, 0.2) is 10.6 Å². The summed E-state index contributed by atoms with van der Waals surface area (Å²) < 4.78 is 47.4. The highest BCUT2D eigenvalue weighted by molar-refractivity contribution is 5.90. The van der Waals surface area contributed by atoms with E-state index in [1.807, 2.05) is 0 Å². The van der Waals surface area contributed by atoms with Crippen molar-refractivity contribution < 1.29 is 27.5 Å². The van der Waals surface area contributed by atoms with Gasteiger partial charge in [-0.05, 0) is 43.8 Å². The molecule has 1 aliphatic carbocycles. The maximum Gasteiger partial charge on any atom is 0.421 e. The van der Waals surface area contributed by atoms with Crippen LogP contribution < -0.4 is 5.32 Å². The molecule has 0 aromatic carbocycles. The van der Waals surface area contributed by atoms with Crippen molar-refractivity contribution in [2.24, 2.45) is 5.92 Å². The predicted octanol–water partition coefficient (Wildman–Crippen LogP) is 2.96. The van der Waals surface area contributed by atoms with Gasteiger partial charge in [0.25, 0.3) is 0 Å². The third-order valence-corrected chi connectivity index (χ3v) is 5.06. The summed E-state index contributed by atoms with van der Waals surface area (Å²) >= 11 is 0. The number of hydrogen-bond acceptors (Lipinski definition) is 4. The van der Waals surface area contributed by atoms with Crippen LogP contribution in [-0.4, -0.2) is 33.9 Å². The van der Waals surface area contributed by atoms with Crippen LogP contribution >= 0.6 is 0 Å². The summed E-state index contributed by atoms with van der Waals surface area (Å²) in [4.78, 5) is 11.2. The Balaban J connectivity index is 1.75. The number of aromatic nitrogens is 2. The maximum atomic E-state index is 13.5. The molecule has 26 heavy (non-hydrogen) atoms. The van der Waals surface area contributed by atoms with Crippen molar-refractivity contribution in [3.05, 3.63) is 28.8 Å². The molecule has 1 saturated heterocycles. The normalized spacial score (nSPS) is 17.8. The Morgan fingerprint density at radius 2 is 2.08 bits per heavy atom. The molecule has 0 amide bonds. The topological polar surface area (TPSA) is 80.3 Å². The minimum absolute atomic E-state index is 0.0503. The molecule has 1 aliphatic heterocycles. The first-order chi connectivity index (χ1) is 12.3. The SMILES string of the molecule is O=C(O)c1oc2c(c1C(F)(F)F)-c1nn(CC3CCNCC3)cc1CC2. The van der Waals surface area contributed by atoms with Crippen LogP contribution in [0.5, 0.6) is 0 Å². The molecule has 0 bridgehead atoms. The number of fused-ring (bicyclic) bond motifs is 3. The van der Waals surface area contributed by atoms with E-state index < -0.39 is 23.5 Å². The third-order valence-electron chi connectivity index (χ3n) is 5.06. The lowest BCUT2D eigenvalue weighted by molar-refractivity contribution is -0.138. The Hall–Kier alpha value is -2.29. The number of aryl methyl sites for hydroxylation is 2. The first-order valence-electron chi connectivity index (χ1n) is 8.58. The highest BCUT2D eigenvalue weighted by atomic mass is 19.4. The second-order valence-electron chi connectivity index (χ2n) is 6.83. The second-order valence-corrected chi connectivity index (χ2v) is 6.83. The lowest BCUT2D eigenvalue weighted by atomic mass is 9.93. The van der Waals surface area contributed by atoms with E-state index in [0.717, 1.165) is 25.9 Å². The summed E-state index contributed by atoms with van der Waals surface area (Å²) in [6, 6.07) is 0. The Bertz CT molecular complexity index is 848. The number of alkyl halides is 3. The van der Waals surface area contributed by atoms with E-state index in [1.54, 1.807) is 10.9 Å². The van der Waals surface area contributed by atoms with E-state index in [1.165, 1.54) is 0 Å². The zero-order valence-electron chi connectivity index (χ0n) is 13.9. The van der Waals surface area contributed by atoms with Crippen LogP contribution in [0.1, 0.15) is 40.3 Å². The third kappa shape index (κ3) is 2.90. The van der Waals surface area contributed by atoms with Gasteiger partial charge in [0.05, 0.1) is 11.3 Å². The van der Waals surface area contributed by atoms with Crippen LogP contribution in [-0.2, 0) is 25.6 Å². The maximum absolute atomic E-state index is 13.5. The van der Waals surface area contributed by atoms with E-state index in [2.05, 4.69) is 10.4 Å². The van der Waals surface area contributed by atoms with Gasteiger partial charge in [-0.1, -0.05) is 0 Å². The lowest BCUT2D eigenvalue weighted by Gasteiger charge is -2.22. The van der Waals surface area contributed by atoms with Gasteiger partial charge in [0.1, 0.15) is 11.3 Å². The molecule has 2 aliphatic rings. The van der Waals surface area contributed by atoms with Crippen molar-refractivity contribution >= 4 is 5.97 Å². The zero-order chi connectivity index (χ0) is 18.5. The number of hydrogen-bond donors (Lipinski definition) is 2. The van der Waals surface area contributed by atoms with Crippen molar-refractivity contribution in [3.8, 4) is 11.3 Å². The van der Waals surface area contributed by atoms with Crippen LogP contribution in [0.4, 0.5) is 13.2 Å². The van der Waals surface area contributed by atoms with Gasteiger partial charge < -0.3 is 14.8 Å². The molecule has 2 N–H and O–H groups in total. The average Bonchev–Trinajstić information content (AvgIpc) is 3.15. The second kappa shape index (κ2) is 6.15. The number of aromatic carboxylic acids is 1. The summed E-state index contributed by atoms with van der Waals surface area (Å²) in [6.45, 7) is 2.50. The van der Waals surface area contributed by atoms with Crippen molar-refractivity contribution in [2.75, 3.05) is 13.1 Å². The van der Waals surface area contributed by atoms with Gasteiger partial charge >= 0.3 is 12.1 Å². The van der Waals surface area contributed by atoms with Gasteiger partial charge in [-0.15, -0.1) is 0 Å². The van der Waals surface area contributed by atoms with Crippen molar-refractivity contribution in [2.45, 2.75) is 38.4 Å². The molecular weight excluding hydrogens is 351 g/mol. The molecule has 2 aromatic rings. The standard InChI is InChI=1S/C17H18F3N3O3/c18-17(19,20)13-12-11(26-15(13)16(24)25)2-1-10-8-23(22-14(10)12)7-9-3-5-21-6-4-9/h8-9,21H,1-7H2,(H,24,25). The molecular formula is C17H18F3N3O3. The zero-order valence-corrected chi connectivity index (χ0v) is 13.9. The Kier molecular flexibility index (Phi) is 4.06. The van der Waals surface area contributed by atoms with E-state index in [4.69, 9.17) is 9.52 Å². The Labute approximate surface area is 147 Å². The molecule has 2 aromatic heterocycles. The monoisotopic (exact) mass is 369 g/mol. The van der Waals surface area contributed by atoms with Gasteiger partial charge in [-0.3, -0.25) is 4.68 Å². The van der Waals surface area contributed by atoms with Gasteiger partial charge in [0, 0.05) is 19.2 Å². The average molecular weight is 369 g/mol. The number of halogens is 3. The Morgan fingerprint density at radius 1 is 1.35 bits per heavy atom. The minimum atomic E-state index is -4.82. The number of nitrogens with one attached hydrogen (secondary N) is 1. The number of piperidine rings is 1. The van der Waals surface area contributed by atoms with E-state index >= 15 is 0 Å². The number of carboxylic acid groups (broad SMARTS) is 1. The van der Waals surface area contributed by atoms with Crippen LogP contribution in [0, 0.1) is 5.92 Å². The quantitative estimate of drug-likeness (QED) is 0.870. The molecule has 0 atom stereocenters. The molecule has 6 nitrogen and oxygen atoms in total. The number of rotatable bonds is 3. The predicted molar refractivity (Wildman–Crippen MR) is 84.9 cm³/mol. The molecule has 0 saturated carbocycles. The fourth-order valence-electron chi connectivity index (χ4n) is 3.85. The molecule has 4 rings (SSSR count). The van der Waals surface area contributed by atoms with Gasteiger partial charge in [0.2, 0.25) is 5.76 Å². The van der Waals surface area contributed by atoms with Crippen molar-refractivity contribution in [3.63, 3.8) is 0 Å². The first-order valence-corrected chi connectivity index (χ1v) is 8.58. The molecule has 1 fully saturated rings. The number of carboxylic acids is 1. The number of furan rings is 1. The highest BCUT2D eigenvalue weighted by Crippen LogP contribution is 2.46. The molecule has 0 spiro atoms. The van der Waals surface area contributed by atoms with E-state index in [-0.39, 0.29) is 23.4 Å². The lowest BCUT2D eigenvalue weighted by Crippen LogP contribution is -2.30. The molecule has 0 unspecified atom stereocenters.